The van der Waals surface area contributed by atoms with Crippen molar-refractivity contribution in [1.82, 2.24) is 47.5 Å². The summed E-state index contributed by atoms with van der Waals surface area (Å²) in [6.07, 6.45) is 11.0. The number of hydrogen-bond donors (Lipinski definition) is 3. The molecule has 8 heterocycles. The molecule has 3 N–H and O–H groups in total. The minimum absolute atomic E-state index is 0.0770. The van der Waals surface area contributed by atoms with Gasteiger partial charge in [-0.1, -0.05) is 0 Å². The molecule has 15 nitrogen and oxygen atoms in total. The standard InChI is InChI=1S/C15H12N6O2S2.C14H12N6OS2/c1-8-7-21-10(14-16-3-4-24-14)6-17-13(21)12(18-8)19-11-5-9(20-25-11)15(22)23-2;1-8-6-20-10(14-15-2-3-22-14)5-16-13(20)12(17-8)18-11-4-9(7-21)19-23-11/h3-7H,1-2H3,(H,18,19);2-6,21H,7H2,1H3,(H,17,18). The van der Waals surface area contributed by atoms with Crippen molar-refractivity contribution in [2.24, 2.45) is 0 Å². The van der Waals surface area contributed by atoms with Crippen LogP contribution < -0.4 is 10.6 Å². The average Bonchev–Trinajstić information content (AvgIpc) is 3.91. The Bertz CT molecular complexity index is 2340. The molecule has 48 heavy (non-hydrogen) atoms. The SMILES string of the molecule is COC(=O)c1cc(Nc2nc(C)cn3c(-c4nccs4)cnc23)sn1.Cc1cn2c(-c3nccs3)cnc2c(Nc2cc(CO)ns2)n1. The van der Waals surface area contributed by atoms with Crippen molar-refractivity contribution >= 4 is 84.6 Å². The number of carbonyl (C=O) groups is 1. The van der Waals surface area contributed by atoms with Crippen LogP contribution in [0.1, 0.15) is 27.6 Å². The van der Waals surface area contributed by atoms with Gasteiger partial charge in [-0.2, -0.15) is 8.75 Å². The number of thiazole rings is 2. The summed E-state index contributed by atoms with van der Waals surface area (Å²) >= 11 is 5.55. The lowest BCUT2D eigenvalue weighted by Gasteiger charge is -2.07. The van der Waals surface area contributed by atoms with Gasteiger partial charge in [0.1, 0.15) is 31.4 Å². The van der Waals surface area contributed by atoms with Crippen LogP contribution in [-0.4, -0.2) is 65.6 Å². The van der Waals surface area contributed by atoms with Crippen LogP contribution in [0.5, 0.6) is 0 Å². The topological polar surface area (TPSA) is 183 Å². The Kier molecular flexibility index (Phi) is 8.82. The minimum atomic E-state index is -0.474. The van der Waals surface area contributed by atoms with Crippen molar-refractivity contribution in [3.05, 3.63) is 82.8 Å². The van der Waals surface area contributed by atoms with Crippen molar-refractivity contribution in [1.29, 1.82) is 0 Å². The maximum absolute atomic E-state index is 11.5. The summed E-state index contributed by atoms with van der Waals surface area (Å²) in [4.78, 5) is 38.2. The van der Waals surface area contributed by atoms with Crippen LogP contribution in [0.2, 0.25) is 0 Å². The van der Waals surface area contributed by atoms with Gasteiger partial charge in [-0.05, 0) is 43.0 Å². The maximum Gasteiger partial charge on any atom is 0.357 e. The van der Waals surface area contributed by atoms with Crippen molar-refractivity contribution in [3.8, 4) is 21.4 Å². The highest BCUT2D eigenvalue weighted by molar-refractivity contribution is 7.13. The summed E-state index contributed by atoms with van der Waals surface area (Å²) in [5.41, 5.74) is 5.80. The van der Waals surface area contributed by atoms with Crippen LogP contribution >= 0.6 is 45.7 Å². The first-order valence-electron chi connectivity index (χ1n) is 14.0. The van der Waals surface area contributed by atoms with Crippen LogP contribution in [0.15, 0.2) is 60.1 Å². The Morgan fingerprint density at radius 2 is 1.35 bits per heavy atom. The highest BCUT2D eigenvalue weighted by Crippen LogP contribution is 2.30. The zero-order valence-corrected chi connectivity index (χ0v) is 28.6. The van der Waals surface area contributed by atoms with Gasteiger partial charge in [0, 0.05) is 41.6 Å². The summed E-state index contributed by atoms with van der Waals surface area (Å²) < 4.78 is 16.8. The molecule has 0 bridgehead atoms. The third-order valence-corrected chi connectivity index (χ3v) is 9.68. The van der Waals surface area contributed by atoms with Crippen molar-refractivity contribution in [2.75, 3.05) is 17.7 Å². The van der Waals surface area contributed by atoms with Gasteiger partial charge < -0.3 is 20.5 Å². The number of fused-ring (bicyclic) bond motifs is 2. The lowest BCUT2D eigenvalue weighted by molar-refractivity contribution is 0.0595. The average molecular weight is 717 g/mol. The summed E-state index contributed by atoms with van der Waals surface area (Å²) in [7, 11) is 1.32. The first-order valence-corrected chi connectivity index (χ1v) is 17.4. The maximum atomic E-state index is 11.5. The molecule has 8 rings (SSSR count). The van der Waals surface area contributed by atoms with E-state index >= 15 is 0 Å². The molecular formula is C29H24N12O3S4. The fourth-order valence-corrected chi connectivity index (χ4v) is 7.19. The number of rotatable bonds is 8. The van der Waals surface area contributed by atoms with Crippen molar-refractivity contribution in [2.45, 2.75) is 20.5 Å². The van der Waals surface area contributed by atoms with Gasteiger partial charge >= 0.3 is 5.97 Å². The van der Waals surface area contributed by atoms with Gasteiger partial charge in [0.05, 0.1) is 43.2 Å². The number of anilines is 4. The quantitative estimate of drug-likeness (QED) is 0.156. The molecule has 0 aromatic carbocycles. The number of methoxy groups -OCH3 is 1. The number of imidazole rings is 2. The second kappa shape index (κ2) is 13.5. The number of nitrogens with zero attached hydrogens (tertiary/aromatic N) is 10. The fraction of sp³-hybridized carbons (Fsp3) is 0.138. The van der Waals surface area contributed by atoms with Gasteiger partial charge in [0.15, 0.2) is 28.6 Å². The van der Waals surface area contributed by atoms with E-state index in [4.69, 9.17) is 5.11 Å². The molecule has 0 saturated heterocycles. The summed E-state index contributed by atoms with van der Waals surface area (Å²) in [5.74, 6) is 0.766. The summed E-state index contributed by atoms with van der Waals surface area (Å²) in [6, 6.07) is 3.43. The molecule has 0 amide bonds. The number of aliphatic hydroxyl groups is 1. The first kappa shape index (κ1) is 31.4. The highest BCUT2D eigenvalue weighted by Gasteiger charge is 2.17. The van der Waals surface area contributed by atoms with Crippen LogP contribution in [0.25, 0.3) is 32.7 Å². The van der Waals surface area contributed by atoms with E-state index in [1.54, 1.807) is 59.6 Å². The molecule has 8 aromatic rings. The largest absolute Gasteiger partial charge is 0.464 e. The van der Waals surface area contributed by atoms with Crippen LogP contribution in [0.3, 0.4) is 0 Å². The van der Waals surface area contributed by atoms with Crippen molar-refractivity contribution < 1.29 is 14.6 Å². The predicted octanol–water partition coefficient (Wildman–Crippen LogP) is 6.00. The van der Waals surface area contributed by atoms with Crippen molar-refractivity contribution in [3.63, 3.8) is 0 Å². The molecule has 8 aromatic heterocycles. The van der Waals surface area contributed by atoms with Crippen LogP contribution in [0.4, 0.5) is 21.6 Å². The normalized spacial score (nSPS) is 11.1. The number of ether oxygens (including phenoxy) is 1. The third-order valence-electron chi connectivity index (χ3n) is 6.64. The molecular weight excluding hydrogens is 693 g/mol. The van der Waals surface area contributed by atoms with E-state index in [1.807, 2.05) is 45.8 Å². The van der Waals surface area contributed by atoms with E-state index in [2.05, 4.69) is 54.0 Å². The van der Waals surface area contributed by atoms with E-state index < -0.39 is 5.97 Å². The molecule has 0 aliphatic rings. The number of aryl methyl sites for hydroxylation is 2. The van der Waals surface area contributed by atoms with E-state index in [0.29, 0.717) is 28.0 Å². The number of hydrogen-bond acceptors (Lipinski definition) is 17. The van der Waals surface area contributed by atoms with Crippen LogP contribution in [-0.2, 0) is 11.3 Å². The minimum Gasteiger partial charge on any atom is -0.464 e. The molecule has 0 atom stereocenters. The van der Waals surface area contributed by atoms with Gasteiger partial charge in [-0.3, -0.25) is 8.80 Å². The van der Waals surface area contributed by atoms with E-state index in [-0.39, 0.29) is 12.3 Å². The van der Waals surface area contributed by atoms with E-state index in [9.17, 15) is 4.79 Å². The van der Waals surface area contributed by atoms with Gasteiger partial charge in [0.2, 0.25) is 0 Å². The Morgan fingerprint density at radius 1 is 0.812 bits per heavy atom. The molecule has 242 valence electrons. The molecule has 0 spiro atoms. The number of esters is 1. The summed E-state index contributed by atoms with van der Waals surface area (Å²) in [6.45, 7) is 3.76. The molecule has 0 radical (unpaired) electrons. The summed E-state index contributed by atoms with van der Waals surface area (Å²) in [5, 5.41) is 22.7. The molecule has 0 fully saturated rings. The van der Waals surface area contributed by atoms with Gasteiger partial charge in [-0.15, -0.1) is 22.7 Å². The smallest absolute Gasteiger partial charge is 0.357 e. The monoisotopic (exact) mass is 716 g/mol. The molecule has 0 aliphatic carbocycles. The second-order valence-electron chi connectivity index (χ2n) is 9.97. The Morgan fingerprint density at radius 3 is 1.83 bits per heavy atom. The van der Waals surface area contributed by atoms with E-state index in [1.165, 1.54) is 18.6 Å². The Labute approximate surface area is 288 Å². The molecule has 0 aliphatic heterocycles. The van der Waals surface area contributed by atoms with Gasteiger partial charge in [0.25, 0.3) is 0 Å². The number of carbonyl (C=O) groups excluding carboxylic acids is 1. The number of aromatic nitrogens is 10. The molecule has 0 saturated carbocycles. The zero-order chi connectivity index (χ0) is 33.2. The lowest BCUT2D eigenvalue weighted by atomic mass is 10.4. The van der Waals surface area contributed by atoms with Gasteiger partial charge in [-0.25, -0.2) is 34.7 Å². The Hall–Kier alpha value is -5.21. The fourth-order valence-electron chi connectivity index (χ4n) is 4.62. The Balaban J connectivity index is 0.000000152. The number of aliphatic hydroxyl groups excluding tert-OH is 1. The zero-order valence-electron chi connectivity index (χ0n) is 25.3. The lowest BCUT2D eigenvalue weighted by Crippen LogP contribution is -2.01. The second-order valence-corrected chi connectivity index (χ2v) is 13.4. The number of nitrogens with one attached hydrogen (secondary N) is 2. The van der Waals surface area contributed by atoms with E-state index in [0.717, 1.165) is 55.0 Å². The molecule has 19 heteroatoms. The third kappa shape index (κ3) is 6.36. The highest BCUT2D eigenvalue weighted by atomic mass is 32.1. The first-order chi connectivity index (χ1) is 23.4. The predicted molar refractivity (Wildman–Crippen MR) is 186 cm³/mol. The molecule has 0 unspecified atom stereocenters. The van der Waals surface area contributed by atoms with Crippen LogP contribution in [0, 0.1) is 13.8 Å².